The molecule has 0 radical (unpaired) electrons. The van der Waals surface area contributed by atoms with Crippen molar-refractivity contribution < 1.29 is 8.42 Å². The summed E-state index contributed by atoms with van der Waals surface area (Å²) in [6.07, 6.45) is 1.64. The molecule has 1 heterocycles. The van der Waals surface area contributed by atoms with Gasteiger partial charge < -0.3 is 5.32 Å². The molecule has 2 rings (SSSR count). The van der Waals surface area contributed by atoms with E-state index in [9.17, 15) is 8.42 Å². The Morgan fingerprint density at radius 3 is 2.80 bits per heavy atom. The van der Waals surface area contributed by atoms with Gasteiger partial charge >= 0.3 is 0 Å². The van der Waals surface area contributed by atoms with Crippen molar-refractivity contribution in [1.29, 1.82) is 0 Å². The van der Waals surface area contributed by atoms with Crippen molar-refractivity contribution >= 4 is 26.5 Å². The number of thiazole rings is 1. The summed E-state index contributed by atoms with van der Waals surface area (Å²) in [5.41, 5.74) is 0.935. The van der Waals surface area contributed by atoms with E-state index in [1.165, 1.54) is 11.3 Å². The van der Waals surface area contributed by atoms with E-state index in [1.54, 1.807) is 24.4 Å². The van der Waals surface area contributed by atoms with Crippen molar-refractivity contribution in [3.8, 4) is 0 Å². The van der Waals surface area contributed by atoms with Crippen LogP contribution in [0.15, 0.2) is 35.4 Å². The van der Waals surface area contributed by atoms with E-state index in [4.69, 9.17) is 0 Å². The van der Waals surface area contributed by atoms with E-state index in [0.717, 1.165) is 17.0 Å². The van der Waals surface area contributed by atoms with Crippen molar-refractivity contribution in [1.82, 2.24) is 10.3 Å². The molecule has 0 aliphatic carbocycles. The minimum absolute atomic E-state index is 0.251. The van der Waals surface area contributed by atoms with Crippen LogP contribution >= 0.6 is 11.3 Å². The largest absolute Gasteiger partial charge is 0.313 e. The molecule has 0 spiro atoms. The van der Waals surface area contributed by atoms with Gasteiger partial charge in [0, 0.05) is 17.6 Å². The maximum absolute atomic E-state index is 12.3. The molecule has 1 aromatic carbocycles. The van der Waals surface area contributed by atoms with Gasteiger partial charge in [-0.3, -0.25) is 4.72 Å². The molecule has 5 nitrogen and oxygen atoms in total. The summed E-state index contributed by atoms with van der Waals surface area (Å²) in [4.78, 5) is 5.23. The summed E-state index contributed by atoms with van der Waals surface area (Å²) in [6.45, 7) is 5.38. The van der Waals surface area contributed by atoms with Crippen molar-refractivity contribution in [2.24, 2.45) is 0 Å². The van der Waals surface area contributed by atoms with Crippen LogP contribution in [0.25, 0.3) is 0 Å². The average Bonchev–Trinajstić information content (AvgIpc) is 2.81. The molecule has 0 saturated carbocycles. The Labute approximate surface area is 123 Å². The summed E-state index contributed by atoms with van der Waals surface area (Å²) in [7, 11) is -3.58. The van der Waals surface area contributed by atoms with Gasteiger partial charge in [-0.15, -0.1) is 11.3 Å². The molecule has 0 fully saturated rings. The lowest BCUT2D eigenvalue weighted by atomic mass is 10.2. The van der Waals surface area contributed by atoms with Gasteiger partial charge in [-0.2, -0.15) is 0 Å². The van der Waals surface area contributed by atoms with Crippen molar-refractivity contribution in [2.45, 2.75) is 25.3 Å². The highest BCUT2D eigenvalue weighted by atomic mass is 32.2. The lowest BCUT2D eigenvalue weighted by Gasteiger charge is -2.07. The van der Waals surface area contributed by atoms with Gasteiger partial charge in [0.05, 0.1) is 4.90 Å². The van der Waals surface area contributed by atoms with E-state index >= 15 is 0 Å². The van der Waals surface area contributed by atoms with Crippen LogP contribution in [0, 0.1) is 6.92 Å². The quantitative estimate of drug-likeness (QED) is 0.859. The molecule has 0 amide bonds. The number of anilines is 1. The van der Waals surface area contributed by atoms with Gasteiger partial charge in [0.15, 0.2) is 5.13 Å². The molecule has 0 atom stereocenters. The van der Waals surface area contributed by atoms with E-state index in [-0.39, 0.29) is 4.90 Å². The number of nitrogens with one attached hydrogen (secondary N) is 2. The Bertz CT molecular complexity index is 680. The minimum atomic E-state index is -3.58. The topological polar surface area (TPSA) is 71.1 Å². The van der Waals surface area contributed by atoms with E-state index in [1.807, 2.05) is 19.9 Å². The zero-order chi connectivity index (χ0) is 14.6. The predicted molar refractivity (Wildman–Crippen MR) is 81.5 cm³/mol. The highest BCUT2D eigenvalue weighted by Gasteiger charge is 2.16. The normalized spacial score (nSPS) is 11.5. The zero-order valence-electron chi connectivity index (χ0n) is 11.4. The molecule has 0 unspecified atom stereocenters. The molecule has 20 heavy (non-hydrogen) atoms. The summed E-state index contributed by atoms with van der Waals surface area (Å²) in [5, 5.41) is 3.56. The lowest BCUT2D eigenvalue weighted by Crippen LogP contribution is -2.15. The number of nitrogens with zero attached hydrogens (tertiary/aromatic N) is 1. The Kier molecular flexibility index (Phi) is 4.74. The molecule has 0 aliphatic heterocycles. The van der Waals surface area contributed by atoms with Crippen molar-refractivity contribution in [3.63, 3.8) is 0 Å². The molecule has 2 N–H and O–H groups in total. The fourth-order valence-electron chi connectivity index (χ4n) is 1.67. The second-order valence-electron chi connectivity index (χ2n) is 4.31. The number of sulfonamides is 1. The smallest absolute Gasteiger partial charge is 0.263 e. The molecular weight excluding hydrogens is 294 g/mol. The van der Waals surface area contributed by atoms with E-state index in [2.05, 4.69) is 15.0 Å². The first-order valence-corrected chi connectivity index (χ1v) is 8.56. The monoisotopic (exact) mass is 311 g/mol. The molecule has 0 saturated heterocycles. The Hall–Kier alpha value is -1.44. The molecule has 7 heteroatoms. The number of rotatable bonds is 6. The highest BCUT2D eigenvalue weighted by Crippen LogP contribution is 2.21. The fraction of sp³-hybridized carbons (Fsp3) is 0.308. The first-order valence-electron chi connectivity index (χ1n) is 6.26. The maximum atomic E-state index is 12.3. The van der Waals surface area contributed by atoms with Crippen LogP contribution in [0.1, 0.15) is 17.4 Å². The lowest BCUT2D eigenvalue weighted by molar-refractivity contribution is 0.601. The summed E-state index contributed by atoms with van der Waals surface area (Å²) in [5.74, 6) is 0. The first kappa shape index (κ1) is 15.0. The third kappa shape index (κ3) is 3.78. The fourth-order valence-corrected chi connectivity index (χ4v) is 3.64. The van der Waals surface area contributed by atoms with Crippen LogP contribution < -0.4 is 10.0 Å². The highest BCUT2D eigenvalue weighted by molar-refractivity contribution is 7.93. The molecular formula is C13H17N3O2S2. The first-order chi connectivity index (χ1) is 9.51. The van der Waals surface area contributed by atoms with Crippen LogP contribution in [-0.4, -0.2) is 19.9 Å². The Morgan fingerprint density at radius 1 is 1.35 bits per heavy atom. The summed E-state index contributed by atoms with van der Waals surface area (Å²) >= 11 is 1.31. The summed E-state index contributed by atoms with van der Waals surface area (Å²) in [6, 6.07) is 6.90. The standard InChI is InChI=1S/C13H17N3O2S2/c1-3-14-9-11-5-4-6-12(7-11)20(17,18)16-13-15-8-10(2)19-13/h4-8,14H,3,9H2,1-2H3,(H,15,16). The van der Waals surface area contributed by atoms with Gasteiger partial charge in [0.25, 0.3) is 10.0 Å². The second kappa shape index (κ2) is 6.34. The van der Waals surface area contributed by atoms with Crippen LogP contribution in [0.4, 0.5) is 5.13 Å². The number of hydrogen-bond donors (Lipinski definition) is 2. The van der Waals surface area contributed by atoms with Gasteiger partial charge in [0.2, 0.25) is 0 Å². The number of aryl methyl sites for hydroxylation is 1. The number of aromatic nitrogens is 1. The average molecular weight is 311 g/mol. The molecule has 0 aliphatic rings. The number of hydrogen-bond acceptors (Lipinski definition) is 5. The van der Waals surface area contributed by atoms with Gasteiger partial charge in [-0.05, 0) is 31.2 Å². The van der Waals surface area contributed by atoms with E-state index in [0.29, 0.717) is 11.7 Å². The van der Waals surface area contributed by atoms with Gasteiger partial charge in [-0.1, -0.05) is 19.1 Å². The summed E-state index contributed by atoms with van der Waals surface area (Å²) < 4.78 is 27.0. The third-order valence-electron chi connectivity index (χ3n) is 2.63. The minimum Gasteiger partial charge on any atom is -0.313 e. The van der Waals surface area contributed by atoms with Crippen LogP contribution in [0.3, 0.4) is 0 Å². The Balaban J connectivity index is 2.20. The second-order valence-corrected chi connectivity index (χ2v) is 7.23. The molecule has 2 aromatic rings. The van der Waals surface area contributed by atoms with Crippen molar-refractivity contribution in [3.05, 3.63) is 40.9 Å². The predicted octanol–water partition coefficient (Wildman–Crippen LogP) is 2.36. The zero-order valence-corrected chi connectivity index (χ0v) is 13.0. The number of benzene rings is 1. The SMILES string of the molecule is CCNCc1cccc(S(=O)(=O)Nc2ncc(C)s2)c1. The van der Waals surface area contributed by atoms with Crippen LogP contribution in [-0.2, 0) is 16.6 Å². The molecule has 108 valence electrons. The molecule has 1 aromatic heterocycles. The third-order valence-corrected chi connectivity index (χ3v) is 4.92. The van der Waals surface area contributed by atoms with Crippen molar-refractivity contribution in [2.75, 3.05) is 11.3 Å². The van der Waals surface area contributed by atoms with Gasteiger partial charge in [-0.25, -0.2) is 13.4 Å². The Morgan fingerprint density at radius 2 is 2.15 bits per heavy atom. The van der Waals surface area contributed by atoms with Crippen LogP contribution in [0.2, 0.25) is 0 Å². The maximum Gasteiger partial charge on any atom is 0.263 e. The van der Waals surface area contributed by atoms with Crippen LogP contribution in [0.5, 0.6) is 0 Å². The van der Waals surface area contributed by atoms with Gasteiger partial charge in [0.1, 0.15) is 0 Å². The molecule has 0 bridgehead atoms. The van der Waals surface area contributed by atoms with E-state index < -0.39 is 10.0 Å².